The van der Waals surface area contributed by atoms with Crippen molar-refractivity contribution in [1.82, 2.24) is 4.90 Å². The molecule has 0 aliphatic heterocycles. The van der Waals surface area contributed by atoms with Gasteiger partial charge in [-0.25, -0.2) is 4.39 Å². The second kappa shape index (κ2) is 9.04. The van der Waals surface area contributed by atoms with Crippen molar-refractivity contribution < 1.29 is 18.7 Å². The summed E-state index contributed by atoms with van der Waals surface area (Å²) in [5, 5.41) is 0. The summed E-state index contributed by atoms with van der Waals surface area (Å²) in [6.45, 7) is 4.80. The number of benzene rings is 2. The molecular formula is C21H24FNO3. The number of likely N-dealkylation sites (N-methyl/N-ethyl adjacent to an activating group) is 1. The molecule has 2 rings (SSSR count). The first kappa shape index (κ1) is 19.5. The zero-order chi connectivity index (χ0) is 19.1. The molecular weight excluding hydrogens is 333 g/mol. The van der Waals surface area contributed by atoms with Crippen molar-refractivity contribution in [3.05, 3.63) is 65.5 Å². The van der Waals surface area contributed by atoms with E-state index in [1.807, 2.05) is 32.0 Å². The minimum atomic E-state index is -0.295. The minimum absolute atomic E-state index is 0.0934. The van der Waals surface area contributed by atoms with Crippen molar-refractivity contribution in [1.29, 1.82) is 0 Å². The van der Waals surface area contributed by atoms with E-state index in [1.54, 1.807) is 37.3 Å². The van der Waals surface area contributed by atoms with Crippen LogP contribution in [-0.2, 0) is 11.3 Å². The predicted octanol–water partition coefficient (Wildman–Crippen LogP) is 4.29. The van der Waals surface area contributed by atoms with Gasteiger partial charge in [0.25, 0.3) is 0 Å². The summed E-state index contributed by atoms with van der Waals surface area (Å²) in [5.41, 5.74) is 2.56. The number of hydrogen-bond donors (Lipinski definition) is 0. The molecule has 0 heterocycles. The van der Waals surface area contributed by atoms with Gasteiger partial charge in [0.05, 0.1) is 14.2 Å². The first-order valence-electron chi connectivity index (χ1n) is 8.42. The number of carbonyl (C=O) groups is 1. The van der Waals surface area contributed by atoms with Crippen LogP contribution in [0.25, 0.3) is 5.57 Å². The number of amides is 1. The molecule has 0 aromatic heterocycles. The standard InChI is InChI=1S/C21H24FNO3/c1-5-23(14-16-6-11-19(25-3)20(13-16)26-4)21(24)12-15(2)17-7-9-18(22)10-8-17/h6-13H,5,14H2,1-4H3/b15-12+. The number of methoxy groups -OCH3 is 2. The molecule has 0 spiro atoms. The van der Waals surface area contributed by atoms with Crippen molar-refractivity contribution in [3.8, 4) is 11.5 Å². The monoisotopic (exact) mass is 357 g/mol. The predicted molar refractivity (Wildman–Crippen MR) is 101 cm³/mol. The molecule has 0 radical (unpaired) electrons. The SMILES string of the molecule is CCN(Cc1ccc(OC)c(OC)c1)C(=O)/C=C(\C)c1ccc(F)cc1. The second-order valence-electron chi connectivity index (χ2n) is 5.88. The van der Waals surface area contributed by atoms with Gasteiger partial charge in [-0.15, -0.1) is 0 Å². The maximum absolute atomic E-state index is 13.0. The Bertz CT molecular complexity index is 784. The van der Waals surface area contributed by atoms with Crippen LogP contribution in [0.15, 0.2) is 48.5 Å². The van der Waals surface area contributed by atoms with Crippen LogP contribution < -0.4 is 9.47 Å². The summed E-state index contributed by atoms with van der Waals surface area (Å²) in [5.74, 6) is 0.893. The van der Waals surface area contributed by atoms with Crippen LogP contribution >= 0.6 is 0 Å². The van der Waals surface area contributed by atoms with Crippen molar-refractivity contribution in [3.63, 3.8) is 0 Å². The first-order valence-corrected chi connectivity index (χ1v) is 8.42. The largest absolute Gasteiger partial charge is 0.493 e. The maximum Gasteiger partial charge on any atom is 0.247 e. The van der Waals surface area contributed by atoms with Gasteiger partial charge in [0, 0.05) is 19.2 Å². The highest BCUT2D eigenvalue weighted by molar-refractivity contribution is 5.94. The summed E-state index contributed by atoms with van der Waals surface area (Å²) in [6.07, 6.45) is 1.58. The molecule has 1 amide bonds. The number of carbonyl (C=O) groups excluding carboxylic acids is 1. The van der Waals surface area contributed by atoms with E-state index in [0.29, 0.717) is 24.6 Å². The summed E-state index contributed by atoms with van der Waals surface area (Å²) in [6, 6.07) is 11.7. The Morgan fingerprint density at radius 3 is 2.31 bits per heavy atom. The molecule has 0 bridgehead atoms. The molecule has 0 saturated carbocycles. The third-order valence-electron chi connectivity index (χ3n) is 4.15. The molecule has 0 fully saturated rings. The van der Waals surface area contributed by atoms with Crippen LogP contribution in [0, 0.1) is 5.82 Å². The summed E-state index contributed by atoms with van der Waals surface area (Å²) >= 11 is 0. The van der Waals surface area contributed by atoms with E-state index in [0.717, 1.165) is 16.7 Å². The topological polar surface area (TPSA) is 38.8 Å². The van der Waals surface area contributed by atoms with E-state index in [-0.39, 0.29) is 11.7 Å². The number of hydrogen-bond acceptors (Lipinski definition) is 3. The number of allylic oxidation sites excluding steroid dienone is 1. The third kappa shape index (κ3) is 4.85. The van der Waals surface area contributed by atoms with Crippen molar-refractivity contribution in [2.24, 2.45) is 0 Å². The molecule has 0 atom stereocenters. The van der Waals surface area contributed by atoms with Crippen LogP contribution in [0.1, 0.15) is 25.0 Å². The van der Waals surface area contributed by atoms with Gasteiger partial charge >= 0.3 is 0 Å². The lowest BCUT2D eigenvalue weighted by molar-refractivity contribution is -0.126. The molecule has 5 heteroatoms. The lowest BCUT2D eigenvalue weighted by atomic mass is 10.1. The van der Waals surface area contributed by atoms with Gasteiger partial charge < -0.3 is 14.4 Å². The number of ether oxygens (including phenoxy) is 2. The van der Waals surface area contributed by atoms with Gasteiger partial charge in [0.15, 0.2) is 11.5 Å². The summed E-state index contributed by atoms with van der Waals surface area (Å²) < 4.78 is 23.6. The lowest BCUT2D eigenvalue weighted by Crippen LogP contribution is -2.28. The van der Waals surface area contributed by atoms with E-state index in [1.165, 1.54) is 12.1 Å². The molecule has 26 heavy (non-hydrogen) atoms. The average Bonchev–Trinajstić information content (AvgIpc) is 2.66. The third-order valence-corrected chi connectivity index (χ3v) is 4.15. The van der Waals surface area contributed by atoms with Crippen molar-refractivity contribution >= 4 is 11.5 Å². The minimum Gasteiger partial charge on any atom is -0.493 e. The fraction of sp³-hybridized carbons (Fsp3) is 0.286. The molecule has 0 aliphatic rings. The van der Waals surface area contributed by atoms with Crippen molar-refractivity contribution in [2.75, 3.05) is 20.8 Å². The molecule has 2 aromatic rings. The van der Waals surface area contributed by atoms with Gasteiger partial charge in [0.1, 0.15) is 5.82 Å². The van der Waals surface area contributed by atoms with Gasteiger partial charge in [-0.05, 0) is 54.8 Å². The zero-order valence-corrected chi connectivity index (χ0v) is 15.6. The number of nitrogens with zero attached hydrogens (tertiary/aromatic N) is 1. The van der Waals surface area contributed by atoms with E-state index in [2.05, 4.69) is 0 Å². The molecule has 4 nitrogen and oxygen atoms in total. The Balaban J connectivity index is 2.15. The normalized spacial score (nSPS) is 11.2. The quantitative estimate of drug-likeness (QED) is 0.694. The summed E-state index contributed by atoms with van der Waals surface area (Å²) in [7, 11) is 3.17. The van der Waals surface area contributed by atoms with Crippen molar-refractivity contribution in [2.45, 2.75) is 20.4 Å². The highest BCUT2D eigenvalue weighted by Gasteiger charge is 2.13. The molecule has 0 unspecified atom stereocenters. The Hall–Kier alpha value is -2.82. The molecule has 0 N–H and O–H groups in total. The lowest BCUT2D eigenvalue weighted by Gasteiger charge is -2.20. The first-order chi connectivity index (χ1) is 12.5. The van der Waals surface area contributed by atoms with Crippen LogP contribution in [0.2, 0.25) is 0 Å². The smallest absolute Gasteiger partial charge is 0.247 e. The fourth-order valence-electron chi connectivity index (χ4n) is 2.62. The van der Waals surface area contributed by atoms with E-state index >= 15 is 0 Å². The van der Waals surface area contributed by atoms with Crippen LogP contribution in [-0.4, -0.2) is 31.6 Å². The van der Waals surface area contributed by atoms with Gasteiger partial charge in [0.2, 0.25) is 5.91 Å². The second-order valence-corrected chi connectivity index (χ2v) is 5.88. The molecule has 2 aromatic carbocycles. The Kier molecular flexibility index (Phi) is 6.78. The highest BCUT2D eigenvalue weighted by Crippen LogP contribution is 2.28. The fourth-order valence-corrected chi connectivity index (χ4v) is 2.62. The molecule has 138 valence electrons. The van der Waals surface area contributed by atoms with Crippen LogP contribution in [0.3, 0.4) is 0 Å². The molecule has 0 aliphatic carbocycles. The van der Waals surface area contributed by atoms with Gasteiger partial charge in [-0.2, -0.15) is 0 Å². The van der Waals surface area contributed by atoms with E-state index < -0.39 is 0 Å². The van der Waals surface area contributed by atoms with E-state index in [4.69, 9.17) is 9.47 Å². The zero-order valence-electron chi connectivity index (χ0n) is 15.6. The Morgan fingerprint density at radius 1 is 1.08 bits per heavy atom. The number of rotatable bonds is 7. The van der Waals surface area contributed by atoms with Crippen LogP contribution in [0.4, 0.5) is 4.39 Å². The highest BCUT2D eigenvalue weighted by atomic mass is 19.1. The van der Waals surface area contributed by atoms with Crippen LogP contribution in [0.5, 0.6) is 11.5 Å². The average molecular weight is 357 g/mol. The van der Waals surface area contributed by atoms with Gasteiger partial charge in [-0.1, -0.05) is 18.2 Å². The summed E-state index contributed by atoms with van der Waals surface area (Å²) in [4.78, 5) is 14.4. The van der Waals surface area contributed by atoms with E-state index in [9.17, 15) is 9.18 Å². The number of halogens is 1. The molecule has 0 saturated heterocycles. The van der Waals surface area contributed by atoms with Gasteiger partial charge in [-0.3, -0.25) is 4.79 Å². The Morgan fingerprint density at radius 2 is 1.73 bits per heavy atom. The maximum atomic E-state index is 13.0. The Labute approximate surface area is 153 Å².